The molecule has 12 heavy (non-hydrogen) atoms. The SMILES string of the molecule is CC[C+](CC)c1cccc(C)c1. The number of benzene rings is 1. The van der Waals surface area contributed by atoms with Gasteiger partial charge in [0.05, 0.1) is 0 Å². The summed E-state index contributed by atoms with van der Waals surface area (Å²) in [6, 6.07) is 8.75. The van der Waals surface area contributed by atoms with Crippen molar-refractivity contribution in [1.82, 2.24) is 0 Å². The minimum atomic E-state index is 1.17. The van der Waals surface area contributed by atoms with Gasteiger partial charge in [0.25, 0.3) is 0 Å². The molecule has 0 bridgehead atoms. The van der Waals surface area contributed by atoms with Crippen LogP contribution in [0.25, 0.3) is 0 Å². The molecule has 0 saturated heterocycles. The second-order valence-electron chi connectivity index (χ2n) is 3.18. The van der Waals surface area contributed by atoms with Crippen LogP contribution in [0.1, 0.15) is 37.8 Å². The highest BCUT2D eigenvalue weighted by Crippen LogP contribution is 2.21. The first-order valence-corrected chi connectivity index (χ1v) is 4.69. The highest BCUT2D eigenvalue weighted by atomic mass is 14.1. The maximum atomic E-state index is 2.27. The monoisotopic (exact) mass is 161 g/mol. The molecular formula is C12H17+. The molecule has 64 valence electrons. The van der Waals surface area contributed by atoms with E-state index >= 15 is 0 Å². The maximum Gasteiger partial charge on any atom is 0.132 e. The fourth-order valence-electron chi connectivity index (χ4n) is 1.52. The summed E-state index contributed by atoms with van der Waals surface area (Å²) in [5.74, 6) is 1.55. The van der Waals surface area contributed by atoms with Gasteiger partial charge in [-0.25, -0.2) is 0 Å². The van der Waals surface area contributed by atoms with Crippen molar-refractivity contribution in [2.24, 2.45) is 0 Å². The summed E-state index contributed by atoms with van der Waals surface area (Å²) in [6.45, 7) is 6.59. The summed E-state index contributed by atoms with van der Waals surface area (Å²) in [5, 5.41) is 0. The summed E-state index contributed by atoms with van der Waals surface area (Å²) in [6.07, 6.45) is 2.33. The predicted molar refractivity (Wildman–Crippen MR) is 54.1 cm³/mol. The van der Waals surface area contributed by atoms with Gasteiger partial charge in [-0.1, -0.05) is 0 Å². The van der Waals surface area contributed by atoms with E-state index in [0.29, 0.717) is 0 Å². The molecule has 0 heterocycles. The van der Waals surface area contributed by atoms with E-state index in [4.69, 9.17) is 0 Å². The third-order valence-corrected chi connectivity index (χ3v) is 2.28. The summed E-state index contributed by atoms with van der Waals surface area (Å²) in [4.78, 5) is 0. The Labute approximate surface area is 75.6 Å². The fourth-order valence-corrected chi connectivity index (χ4v) is 1.52. The highest BCUT2D eigenvalue weighted by molar-refractivity contribution is 5.33. The molecule has 0 N–H and O–H groups in total. The smallest absolute Gasteiger partial charge is 0.0498 e. The Morgan fingerprint density at radius 1 is 1.17 bits per heavy atom. The van der Waals surface area contributed by atoms with Crippen molar-refractivity contribution in [1.29, 1.82) is 0 Å². The quantitative estimate of drug-likeness (QED) is 0.592. The van der Waals surface area contributed by atoms with Gasteiger partial charge in [-0.2, -0.15) is 0 Å². The molecular weight excluding hydrogens is 144 g/mol. The van der Waals surface area contributed by atoms with Crippen molar-refractivity contribution < 1.29 is 0 Å². The topological polar surface area (TPSA) is 0 Å². The Bertz CT molecular complexity index is 234. The van der Waals surface area contributed by atoms with Crippen LogP contribution in [0.15, 0.2) is 24.3 Å². The van der Waals surface area contributed by atoms with E-state index in [9.17, 15) is 0 Å². The minimum absolute atomic E-state index is 1.17. The van der Waals surface area contributed by atoms with Gasteiger partial charge < -0.3 is 0 Å². The second kappa shape index (κ2) is 4.20. The average molecular weight is 161 g/mol. The van der Waals surface area contributed by atoms with Crippen LogP contribution >= 0.6 is 0 Å². The van der Waals surface area contributed by atoms with Crippen LogP contribution in [0.2, 0.25) is 0 Å². The van der Waals surface area contributed by atoms with Crippen LogP contribution in [0.5, 0.6) is 0 Å². The Morgan fingerprint density at radius 2 is 1.83 bits per heavy atom. The van der Waals surface area contributed by atoms with Gasteiger partial charge in [-0.15, -0.1) is 0 Å². The molecule has 0 unspecified atom stereocenters. The highest BCUT2D eigenvalue weighted by Gasteiger charge is 2.13. The zero-order valence-electron chi connectivity index (χ0n) is 8.22. The number of aryl methyl sites for hydroxylation is 1. The van der Waals surface area contributed by atoms with Crippen molar-refractivity contribution in [3.05, 3.63) is 41.3 Å². The van der Waals surface area contributed by atoms with Crippen molar-refractivity contribution in [3.63, 3.8) is 0 Å². The van der Waals surface area contributed by atoms with Gasteiger partial charge in [0.2, 0.25) is 0 Å². The van der Waals surface area contributed by atoms with Crippen LogP contribution in [-0.2, 0) is 0 Å². The van der Waals surface area contributed by atoms with Gasteiger partial charge in [0.15, 0.2) is 0 Å². The lowest BCUT2D eigenvalue weighted by Gasteiger charge is -2.04. The molecule has 0 fully saturated rings. The molecule has 0 atom stereocenters. The van der Waals surface area contributed by atoms with E-state index in [1.165, 1.54) is 24.0 Å². The molecule has 0 aliphatic carbocycles. The van der Waals surface area contributed by atoms with E-state index < -0.39 is 0 Å². The standard InChI is InChI=1S/C12H17/c1-4-11(5-2)12-8-6-7-10(3)9-12/h6-9H,4-5H2,1-3H3/q+1. The van der Waals surface area contributed by atoms with Crippen LogP contribution in [0, 0.1) is 12.8 Å². The first-order chi connectivity index (χ1) is 5.77. The van der Waals surface area contributed by atoms with Gasteiger partial charge in [-0.3, -0.25) is 0 Å². The number of rotatable bonds is 3. The molecule has 0 nitrogen and oxygen atoms in total. The van der Waals surface area contributed by atoms with E-state index in [2.05, 4.69) is 45.0 Å². The van der Waals surface area contributed by atoms with Gasteiger partial charge in [-0.05, 0) is 32.9 Å². The molecule has 0 aliphatic rings. The summed E-state index contributed by atoms with van der Waals surface area (Å²) in [5.41, 5.74) is 2.77. The Hall–Kier alpha value is -0.910. The van der Waals surface area contributed by atoms with Crippen molar-refractivity contribution >= 4 is 0 Å². The van der Waals surface area contributed by atoms with Crippen LogP contribution < -0.4 is 0 Å². The number of hydrogen-bond donors (Lipinski definition) is 0. The van der Waals surface area contributed by atoms with Crippen molar-refractivity contribution in [2.75, 3.05) is 0 Å². The molecule has 0 aromatic heterocycles. The van der Waals surface area contributed by atoms with Crippen molar-refractivity contribution in [2.45, 2.75) is 33.6 Å². The molecule has 0 aliphatic heterocycles. The first kappa shape index (κ1) is 9.18. The Balaban J connectivity index is 2.85. The molecule has 1 rings (SSSR count). The van der Waals surface area contributed by atoms with Crippen LogP contribution in [-0.4, -0.2) is 0 Å². The van der Waals surface area contributed by atoms with E-state index in [0.717, 1.165) is 0 Å². The number of hydrogen-bond acceptors (Lipinski definition) is 0. The molecule has 0 amide bonds. The van der Waals surface area contributed by atoms with Gasteiger partial charge in [0.1, 0.15) is 5.56 Å². The zero-order chi connectivity index (χ0) is 8.97. The largest absolute Gasteiger partial charge is 0.132 e. The summed E-state index contributed by atoms with van der Waals surface area (Å²) >= 11 is 0. The minimum Gasteiger partial charge on any atom is -0.0498 e. The lowest BCUT2D eigenvalue weighted by molar-refractivity contribution is 0.849. The molecule has 1 aromatic carbocycles. The van der Waals surface area contributed by atoms with E-state index in [-0.39, 0.29) is 0 Å². The Kier molecular flexibility index (Phi) is 3.21. The zero-order valence-corrected chi connectivity index (χ0v) is 8.22. The lowest BCUT2D eigenvalue weighted by atomic mass is 9.93. The van der Waals surface area contributed by atoms with E-state index in [1.54, 1.807) is 5.92 Å². The van der Waals surface area contributed by atoms with Gasteiger partial charge >= 0.3 is 0 Å². The third-order valence-electron chi connectivity index (χ3n) is 2.28. The summed E-state index contributed by atoms with van der Waals surface area (Å²) < 4.78 is 0. The molecule has 0 heteroatoms. The molecule has 0 spiro atoms. The van der Waals surface area contributed by atoms with Gasteiger partial charge in [0, 0.05) is 36.5 Å². The normalized spacial score (nSPS) is 9.92. The van der Waals surface area contributed by atoms with E-state index in [1.807, 2.05) is 0 Å². The maximum absolute atomic E-state index is 2.27. The fraction of sp³-hybridized carbons (Fsp3) is 0.417. The predicted octanol–water partition coefficient (Wildman–Crippen LogP) is 3.74. The first-order valence-electron chi connectivity index (χ1n) is 4.69. The Morgan fingerprint density at radius 3 is 2.33 bits per heavy atom. The van der Waals surface area contributed by atoms with Crippen LogP contribution in [0.3, 0.4) is 0 Å². The average Bonchev–Trinajstić information content (AvgIpc) is 2.07. The van der Waals surface area contributed by atoms with Crippen molar-refractivity contribution in [3.8, 4) is 0 Å². The second-order valence-corrected chi connectivity index (χ2v) is 3.18. The van der Waals surface area contributed by atoms with Crippen LogP contribution in [0.4, 0.5) is 0 Å². The lowest BCUT2D eigenvalue weighted by Crippen LogP contribution is -1.96. The molecule has 0 saturated carbocycles. The molecule has 1 aromatic rings. The summed E-state index contributed by atoms with van der Waals surface area (Å²) in [7, 11) is 0. The third kappa shape index (κ3) is 2.04. The molecule has 0 radical (unpaired) electrons.